The van der Waals surface area contributed by atoms with Crippen molar-refractivity contribution >= 4 is 5.91 Å². The van der Waals surface area contributed by atoms with Crippen LogP contribution < -0.4 is 5.32 Å². The first-order chi connectivity index (χ1) is 16.5. The molecule has 4 rings (SSSR count). The molecule has 1 N–H and O–H groups in total. The fourth-order valence-corrected chi connectivity index (χ4v) is 3.63. The van der Waals surface area contributed by atoms with Crippen molar-refractivity contribution in [3.05, 3.63) is 113 Å². The maximum atomic E-state index is 13.4. The molecule has 0 spiro atoms. The first kappa shape index (κ1) is 23.4. The molecule has 4 aromatic rings. The number of aromatic nitrogens is 1. The van der Waals surface area contributed by atoms with Gasteiger partial charge >= 0.3 is 0 Å². The summed E-state index contributed by atoms with van der Waals surface area (Å²) in [6.45, 7) is 6.24. The number of oxazole rings is 1. The lowest BCUT2D eigenvalue weighted by molar-refractivity contribution is 0.0943. The van der Waals surface area contributed by atoms with Crippen LogP contribution in [-0.4, -0.2) is 15.8 Å². The van der Waals surface area contributed by atoms with Crippen molar-refractivity contribution in [1.82, 2.24) is 15.2 Å². The summed E-state index contributed by atoms with van der Waals surface area (Å²) in [6.07, 6.45) is 2.92. The number of rotatable bonds is 10. The highest BCUT2D eigenvalue weighted by molar-refractivity contribution is 5.91. The van der Waals surface area contributed by atoms with Crippen LogP contribution >= 0.6 is 0 Å². The van der Waals surface area contributed by atoms with Crippen molar-refractivity contribution in [2.45, 2.75) is 45.9 Å². The SMILES string of the molecule is CC(C)c1ccc(CN(Cc2ccc(F)cc2)Cc2nc(C(=O)NCc3ccco3)co2)cc1. The summed E-state index contributed by atoms with van der Waals surface area (Å²) in [4.78, 5) is 18.9. The summed E-state index contributed by atoms with van der Waals surface area (Å²) in [5.41, 5.74) is 3.62. The third kappa shape index (κ3) is 6.42. The van der Waals surface area contributed by atoms with Gasteiger partial charge in [0.25, 0.3) is 5.91 Å². The monoisotopic (exact) mass is 461 g/mol. The Morgan fingerprint density at radius 2 is 1.65 bits per heavy atom. The lowest BCUT2D eigenvalue weighted by Crippen LogP contribution is -2.24. The Morgan fingerprint density at radius 3 is 2.26 bits per heavy atom. The molecule has 0 aliphatic carbocycles. The lowest BCUT2D eigenvalue weighted by atomic mass is 10.0. The van der Waals surface area contributed by atoms with E-state index in [-0.39, 0.29) is 24.0 Å². The number of nitrogens with zero attached hydrogens (tertiary/aromatic N) is 2. The molecule has 34 heavy (non-hydrogen) atoms. The summed E-state index contributed by atoms with van der Waals surface area (Å²) < 4.78 is 24.2. The van der Waals surface area contributed by atoms with Crippen LogP contribution in [-0.2, 0) is 26.2 Å². The van der Waals surface area contributed by atoms with Crippen molar-refractivity contribution in [2.75, 3.05) is 0 Å². The number of amides is 1. The summed E-state index contributed by atoms with van der Waals surface area (Å²) >= 11 is 0. The Labute approximate surface area is 198 Å². The molecule has 6 nitrogen and oxygen atoms in total. The van der Waals surface area contributed by atoms with Gasteiger partial charge in [0.2, 0.25) is 5.89 Å². The number of hydrogen-bond donors (Lipinski definition) is 1. The number of furan rings is 1. The van der Waals surface area contributed by atoms with E-state index < -0.39 is 0 Å². The zero-order valence-corrected chi connectivity index (χ0v) is 19.3. The minimum atomic E-state index is -0.333. The van der Waals surface area contributed by atoms with Gasteiger partial charge in [-0.25, -0.2) is 9.37 Å². The van der Waals surface area contributed by atoms with Gasteiger partial charge in [-0.05, 0) is 46.9 Å². The highest BCUT2D eigenvalue weighted by Gasteiger charge is 2.16. The van der Waals surface area contributed by atoms with Crippen molar-refractivity contribution in [3.8, 4) is 0 Å². The van der Waals surface area contributed by atoms with Gasteiger partial charge in [-0.3, -0.25) is 9.69 Å². The Balaban J connectivity index is 1.45. The number of carbonyl (C=O) groups excluding carboxylic acids is 1. The molecule has 1 amide bonds. The summed E-state index contributed by atoms with van der Waals surface area (Å²) in [5.74, 6) is 0.961. The maximum absolute atomic E-state index is 13.4. The Kier molecular flexibility index (Phi) is 7.54. The normalized spacial score (nSPS) is 11.3. The van der Waals surface area contributed by atoms with Crippen molar-refractivity contribution in [3.63, 3.8) is 0 Å². The van der Waals surface area contributed by atoms with Crippen LogP contribution in [0.15, 0.2) is 82.0 Å². The molecule has 0 aliphatic heterocycles. The highest BCUT2D eigenvalue weighted by Crippen LogP contribution is 2.18. The first-order valence-corrected chi connectivity index (χ1v) is 11.3. The lowest BCUT2D eigenvalue weighted by Gasteiger charge is -2.21. The fourth-order valence-electron chi connectivity index (χ4n) is 3.63. The van der Waals surface area contributed by atoms with E-state index in [0.717, 1.165) is 11.1 Å². The van der Waals surface area contributed by atoms with Crippen molar-refractivity contribution in [1.29, 1.82) is 0 Å². The first-order valence-electron chi connectivity index (χ1n) is 11.3. The number of hydrogen-bond acceptors (Lipinski definition) is 5. The Morgan fingerprint density at radius 1 is 0.971 bits per heavy atom. The predicted octanol–water partition coefficient (Wildman–Crippen LogP) is 5.66. The minimum absolute atomic E-state index is 0.213. The van der Waals surface area contributed by atoms with Crippen LogP contribution in [0.2, 0.25) is 0 Å². The zero-order chi connectivity index (χ0) is 23.9. The van der Waals surface area contributed by atoms with Gasteiger partial charge in [0, 0.05) is 13.1 Å². The maximum Gasteiger partial charge on any atom is 0.273 e. The van der Waals surface area contributed by atoms with E-state index in [2.05, 4.69) is 53.3 Å². The highest BCUT2D eigenvalue weighted by atomic mass is 19.1. The van der Waals surface area contributed by atoms with Gasteiger partial charge in [-0.1, -0.05) is 50.2 Å². The second-order valence-electron chi connectivity index (χ2n) is 8.56. The third-order valence-electron chi connectivity index (χ3n) is 5.52. The van der Waals surface area contributed by atoms with E-state index >= 15 is 0 Å². The van der Waals surface area contributed by atoms with Gasteiger partial charge in [-0.2, -0.15) is 0 Å². The number of nitrogens with one attached hydrogen (secondary N) is 1. The number of halogens is 1. The summed E-state index contributed by atoms with van der Waals surface area (Å²) in [6, 6.07) is 18.5. The van der Waals surface area contributed by atoms with Gasteiger partial charge in [0.1, 0.15) is 17.8 Å². The van der Waals surface area contributed by atoms with E-state index in [9.17, 15) is 9.18 Å². The fraction of sp³-hybridized carbons (Fsp3) is 0.259. The molecule has 0 atom stereocenters. The molecule has 0 bridgehead atoms. The topological polar surface area (TPSA) is 71.5 Å². The standard InChI is InChI=1S/C27H28FN3O3/c1-19(2)22-9-5-20(6-10-22)15-31(16-21-7-11-23(28)12-8-21)17-26-30-25(18-34-26)27(32)29-14-24-4-3-13-33-24/h3-13,18-19H,14-17H2,1-2H3,(H,29,32). The smallest absolute Gasteiger partial charge is 0.273 e. The van der Waals surface area contributed by atoms with Crippen LogP contribution in [0.5, 0.6) is 0 Å². The van der Waals surface area contributed by atoms with Crippen LogP contribution in [0.4, 0.5) is 4.39 Å². The van der Waals surface area contributed by atoms with Gasteiger partial charge in [-0.15, -0.1) is 0 Å². The molecule has 7 heteroatoms. The van der Waals surface area contributed by atoms with Crippen LogP contribution in [0, 0.1) is 5.82 Å². The molecule has 0 saturated carbocycles. The molecule has 0 unspecified atom stereocenters. The largest absolute Gasteiger partial charge is 0.467 e. The van der Waals surface area contributed by atoms with Crippen molar-refractivity contribution < 1.29 is 18.0 Å². The average molecular weight is 462 g/mol. The molecule has 0 radical (unpaired) electrons. The van der Waals surface area contributed by atoms with Crippen LogP contribution in [0.25, 0.3) is 0 Å². The molecule has 0 fully saturated rings. The minimum Gasteiger partial charge on any atom is -0.467 e. The third-order valence-corrected chi connectivity index (χ3v) is 5.52. The van der Waals surface area contributed by atoms with Gasteiger partial charge < -0.3 is 14.2 Å². The average Bonchev–Trinajstić information content (AvgIpc) is 3.52. The molecule has 0 saturated heterocycles. The van der Waals surface area contributed by atoms with E-state index in [4.69, 9.17) is 8.83 Å². The number of carbonyl (C=O) groups is 1. The van der Waals surface area contributed by atoms with Crippen LogP contribution in [0.3, 0.4) is 0 Å². The van der Waals surface area contributed by atoms with E-state index in [1.807, 2.05) is 0 Å². The summed E-state index contributed by atoms with van der Waals surface area (Å²) in [7, 11) is 0. The second kappa shape index (κ2) is 10.9. The van der Waals surface area contributed by atoms with E-state index in [0.29, 0.717) is 37.2 Å². The molecule has 2 aromatic heterocycles. The molecule has 2 aromatic carbocycles. The quantitative estimate of drug-likeness (QED) is 0.330. The predicted molar refractivity (Wildman–Crippen MR) is 126 cm³/mol. The second-order valence-corrected chi connectivity index (χ2v) is 8.56. The molecular formula is C27H28FN3O3. The van der Waals surface area contributed by atoms with Crippen molar-refractivity contribution in [2.24, 2.45) is 0 Å². The molecule has 176 valence electrons. The Hall–Kier alpha value is -3.71. The van der Waals surface area contributed by atoms with E-state index in [1.165, 1.54) is 24.0 Å². The Bertz CT molecular complexity index is 1180. The van der Waals surface area contributed by atoms with Crippen LogP contribution in [0.1, 0.15) is 58.6 Å². The van der Waals surface area contributed by atoms with Gasteiger partial charge in [0.15, 0.2) is 5.69 Å². The number of benzene rings is 2. The van der Waals surface area contributed by atoms with E-state index in [1.54, 1.807) is 30.5 Å². The molecule has 2 heterocycles. The summed E-state index contributed by atoms with van der Waals surface area (Å²) in [5, 5.41) is 2.76. The molecular weight excluding hydrogens is 433 g/mol. The molecule has 0 aliphatic rings. The van der Waals surface area contributed by atoms with Gasteiger partial charge in [0.05, 0.1) is 19.4 Å². The zero-order valence-electron chi connectivity index (χ0n) is 19.3.